The van der Waals surface area contributed by atoms with Crippen LogP contribution >= 0.6 is 0 Å². The standard InChI is InChI=1S/C26H35N3O2/c1-19(2)20-11-6-9-14-23(20)31-18-10-17-29-22-13-8-7-12-21(22)28-24(29)15-16-27-25(30)26(3,4)5/h6-9,11-14,19H,10,15-18H2,1-5H3,(H,27,30). The summed E-state index contributed by atoms with van der Waals surface area (Å²) in [7, 11) is 0. The summed E-state index contributed by atoms with van der Waals surface area (Å²) >= 11 is 0. The van der Waals surface area contributed by atoms with E-state index in [2.05, 4.69) is 41.9 Å². The van der Waals surface area contributed by atoms with Crippen molar-refractivity contribution >= 4 is 16.9 Å². The highest BCUT2D eigenvalue weighted by atomic mass is 16.5. The van der Waals surface area contributed by atoms with Gasteiger partial charge in [-0.2, -0.15) is 0 Å². The van der Waals surface area contributed by atoms with Gasteiger partial charge in [-0.05, 0) is 36.1 Å². The van der Waals surface area contributed by atoms with Gasteiger partial charge >= 0.3 is 0 Å². The van der Waals surface area contributed by atoms with Crippen molar-refractivity contribution in [1.82, 2.24) is 14.9 Å². The summed E-state index contributed by atoms with van der Waals surface area (Å²) in [5, 5.41) is 3.03. The van der Waals surface area contributed by atoms with Gasteiger partial charge in [-0.25, -0.2) is 4.98 Å². The number of aryl methyl sites for hydroxylation is 1. The molecule has 1 amide bonds. The predicted octanol–water partition coefficient (Wildman–Crippen LogP) is 5.33. The molecule has 0 saturated heterocycles. The highest BCUT2D eigenvalue weighted by molar-refractivity contribution is 5.81. The summed E-state index contributed by atoms with van der Waals surface area (Å²) in [4.78, 5) is 17.0. The number of imidazole rings is 1. The molecule has 0 atom stereocenters. The number of nitrogens with one attached hydrogen (secondary N) is 1. The highest BCUT2D eigenvalue weighted by Gasteiger charge is 2.20. The molecule has 1 heterocycles. The van der Waals surface area contributed by atoms with Crippen LogP contribution in [-0.2, 0) is 17.8 Å². The zero-order valence-corrected chi connectivity index (χ0v) is 19.4. The number of benzene rings is 2. The summed E-state index contributed by atoms with van der Waals surface area (Å²) in [6.07, 6.45) is 1.58. The quantitative estimate of drug-likeness (QED) is 0.475. The van der Waals surface area contributed by atoms with Gasteiger partial charge in [0.05, 0.1) is 17.6 Å². The van der Waals surface area contributed by atoms with Crippen LogP contribution in [0.2, 0.25) is 0 Å². The molecule has 3 aromatic rings. The van der Waals surface area contributed by atoms with Gasteiger partial charge in [-0.1, -0.05) is 65.0 Å². The third-order valence-electron chi connectivity index (χ3n) is 5.37. The van der Waals surface area contributed by atoms with Crippen molar-refractivity contribution in [3.05, 3.63) is 59.9 Å². The number of carbonyl (C=O) groups is 1. The van der Waals surface area contributed by atoms with Crippen molar-refractivity contribution in [2.75, 3.05) is 13.2 Å². The maximum Gasteiger partial charge on any atom is 0.225 e. The fourth-order valence-corrected chi connectivity index (χ4v) is 3.61. The zero-order valence-electron chi connectivity index (χ0n) is 19.4. The van der Waals surface area contributed by atoms with Gasteiger partial charge in [-0.15, -0.1) is 0 Å². The van der Waals surface area contributed by atoms with E-state index >= 15 is 0 Å². The molecule has 0 aliphatic heterocycles. The maximum absolute atomic E-state index is 12.2. The Bertz CT molecular complexity index is 1010. The minimum Gasteiger partial charge on any atom is -0.493 e. The van der Waals surface area contributed by atoms with E-state index in [0.717, 1.165) is 35.6 Å². The molecular weight excluding hydrogens is 386 g/mol. The number of hydrogen-bond donors (Lipinski definition) is 1. The third kappa shape index (κ3) is 5.87. The average molecular weight is 422 g/mol. The van der Waals surface area contributed by atoms with Crippen LogP contribution in [0.5, 0.6) is 5.75 Å². The van der Waals surface area contributed by atoms with Crippen LogP contribution in [0.1, 0.15) is 58.3 Å². The smallest absolute Gasteiger partial charge is 0.225 e. The number of ether oxygens (including phenoxy) is 1. The van der Waals surface area contributed by atoms with Gasteiger partial charge in [0.1, 0.15) is 11.6 Å². The van der Waals surface area contributed by atoms with Gasteiger partial charge in [0, 0.05) is 24.9 Å². The largest absolute Gasteiger partial charge is 0.493 e. The second kappa shape index (κ2) is 9.99. The summed E-state index contributed by atoms with van der Waals surface area (Å²) in [6, 6.07) is 16.5. The van der Waals surface area contributed by atoms with Gasteiger partial charge in [0.2, 0.25) is 5.91 Å². The fourth-order valence-electron chi connectivity index (χ4n) is 3.61. The van der Waals surface area contributed by atoms with Crippen molar-refractivity contribution < 1.29 is 9.53 Å². The number of hydrogen-bond acceptors (Lipinski definition) is 3. The fraction of sp³-hybridized carbons (Fsp3) is 0.462. The van der Waals surface area contributed by atoms with E-state index in [4.69, 9.17) is 9.72 Å². The normalized spacial score (nSPS) is 11.8. The lowest BCUT2D eigenvalue weighted by atomic mass is 9.96. The molecule has 0 fully saturated rings. The molecule has 1 aromatic heterocycles. The molecule has 166 valence electrons. The molecule has 1 N–H and O–H groups in total. The summed E-state index contributed by atoms with van der Waals surface area (Å²) < 4.78 is 8.37. The van der Waals surface area contributed by atoms with Crippen LogP contribution in [0, 0.1) is 5.41 Å². The Morgan fingerprint density at radius 2 is 1.81 bits per heavy atom. The molecule has 3 rings (SSSR count). The summed E-state index contributed by atoms with van der Waals surface area (Å²) in [5.74, 6) is 2.46. The van der Waals surface area contributed by atoms with E-state index in [1.807, 2.05) is 51.1 Å². The molecule has 0 aliphatic rings. The number of rotatable bonds is 9. The summed E-state index contributed by atoms with van der Waals surface area (Å²) in [6.45, 7) is 12.2. The monoisotopic (exact) mass is 421 g/mol. The Labute approximate surface area is 185 Å². The van der Waals surface area contributed by atoms with E-state index in [9.17, 15) is 4.79 Å². The molecule has 5 heteroatoms. The molecule has 0 saturated carbocycles. The van der Waals surface area contributed by atoms with E-state index in [1.54, 1.807) is 0 Å². The second-order valence-corrected chi connectivity index (χ2v) is 9.32. The van der Waals surface area contributed by atoms with Crippen molar-refractivity contribution in [1.29, 1.82) is 0 Å². The average Bonchev–Trinajstić information content (AvgIpc) is 3.08. The minimum absolute atomic E-state index is 0.0624. The number of carbonyl (C=O) groups excluding carboxylic acids is 1. The lowest BCUT2D eigenvalue weighted by Gasteiger charge is -2.18. The van der Waals surface area contributed by atoms with Crippen molar-refractivity contribution in [3.8, 4) is 5.75 Å². The van der Waals surface area contributed by atoms with Crippen LogP contribution in [0.3, 0.4) is 0 Å². The highest BCUT2D eigenvalue weighted by Crippen LogP contribution is 2.26. The molecule has 0 spiro atoms. The lowest BCUT2D eigenvalue weighted by molar-refractivity contribution is -0.128. The first-order valence-corrected chi connectivity index (χ1v) is 11.2. The Hall–Kier alpha value is -2.82. The molecule has 0 radical (unpaired) electrons. The third-order valence-corrected chi connectivity index (χ3v) is 5.37. The zero-order chi connectivity index (χ0) is 22.4. The SMILES string of the molecule is CC(C)c1ccccc1OCCCn1c(CCNC(=O)C(C)(C)C)nc2ccccc21. The first kappa shape index (κ1) is 22.9. The van der Waals surface area contributed by atoms with Crippen molar-refractivity contribution in [3.63, 3.8) is 0 Å². The molecule has 0 unspecified atom stereocenters. The van der Waals surface area contributed by atoms with Crippen molar-refractivity contribution in [2.45, 2.75) is 59.9 Å². The van der Waals surface area contributed by atoms with Crippen LogP contribution in [0.25, 0.3) is 11.0 Å². The number of amides is 1. The first-order valence-electron chi connectivity index (χ1n) is 11.2. The van der Waals surface area contributed by atoms with E-state index in [-0.39, 0.29) is 11.3 Å². The Kier molecular flexibility index (Phi) is 7.37. The van der Waals surface area contributed by atoms with Gasteiger partial charge in [0.15, 0.2) is 0 Å². The second-order valence-electron chi connectivity index (χ2n) is 9.32. The molecular formula is C26H35N3O2. The predicted molar refractivity (Wildman–Crippen MR) is 127 cm³/mol. The van der Waals surface area contributed by atoms with E-state index < -0.39 is 0 Å². The van der Waals surface area contributed by atoms with Crippen LogP contribution in [0.15, 0.2) is 48.5 Å². The minimum atomic E-state index is -0.385. The Balaban J connectivity index is 1.64. The topological polar surface area (TPSA) is 56.1 Å². The van der Waals surface area contributed by atoms with Crippen LogP contribution < -0.4 is 10.1 Å². The Morgan fingerprint density at radius 1 is 1.10 bits per heavy atom. The molecule has 0 bridgehead atoms. The van der Waals surface area contributed by atoms with Crippen LogP contribution in [-0.4, -0.2) is 28.6 Å². The Morgan fingerprint density at radius 3 is 2.55 bits per heavy atom. The summed E-state index contributed by atoms with van der Waals surface area (Å²) in [5.41, 5.74) is 2.97. The van der Waals surface area contributed by atoms with E-state index in [1.165, 1.54) is 5.56 Å². The molecule has 5 nitrogen and oxygen atoms in total. The van der Waals surface area contributed by atoms with Gasteiger partial charge in [-0.3, -0.25) is 4.79 Å². The molecule has 2 aromatic carbocycles. The maximum atomic E-state index is 12.2. The van der Waals surface area contributed by atoms with Gasteiger partial charge < -0.3 is 14.6 Å². The number of aromatic nitrogens is 2. The number of fused-ring (bicyclic) bond motifs is 1. The van der Waals surface area contributed by atoms with E-state index in [0.29, 0.717) is 25.5 Å². The van der Waals surface area contributed by atoms with Gasteiger partial charge in [0.25, 0.3) is 0 Å². The number of nitrogens with zero attached hydrogens (tertiary/aromatic N) is 2. The molecule has 31 heavy (non-hydrogen) atoms. The molecule has 0 aliphatic carbocycles. The van der Waals surface area contributed by atoms with Crippen molar-refractivity contribution in [2.24, 2.45) is 5.41 Å². The number of para-hydroxylation sites is 3. The first-order chi connectivity index (χ1) is 14.8. The lowest BCUT2D eigenvalue weighted by Crippen LogP contribution is -2.36. The van der Waals surface area contributed by atoms with Crippen LogP contribution in [0.4, 0.5) is 0 Å².